The van der Waals surface area contributed by atoms with Gasteiger partial charge in [0.2, 0.25) is 0 Å². The van der Waals surface area contributed by atoms with Gasteiger partial charge >= 0.3 is 0 Å². The lowest BCUT2D eigenvalue weighted by atomic mass is 9.79. The molecule has 1 aliphatic heterocycles. The van der Waals surface area contributed by atoms with Crippen molar-refractivity contribution in [3.05, 3.63) is 0 Å². The van der Waals surface area contributed by atoms with Crippen LogP contribution >= 0.6 is 0 Å². The number of hydrogen-bond acceptors (Lipinski definition) is 3. The highest BCUT2D eigenvalue weighted by atomic mass is 16.5. The third kappa shape index (κ3) is 4.04. The molecule has 0 atom stereocenters. The molecule has 1 heterocycles. The van der Waals surface area contributed by atoms with Gasteiger partial charge in [0, 0.05) is 26.3 Å². The number of ether oxygens (including phenoxy) is 1. The van der Waals surface area contributed by atoms with Crippen molar-refractivity contribution in [2.24, 2.45) is 5.41 Å². The second kappa shape index (κ2) is 7.25. The van der Waals surface area contributed by atoms with E-state index in [0.29, 0.717) is 5.41 Å². The van der Waals surface area contributed by atoms with Crippen LogP contribution in [0.15, 0.2) is 0 Å². The lowest BCUT2D eigenvalue weighted by molar-refractivity contribution is -0.00275. The van der Waals surface area contributed by atoms with E-state index >= 15 is 0 Å². The minimum atomic E-state index is 0.443. The van der Waals surface area contributed by atoms with Gasteiger partial charge in [0.1, 0.15) is 0 Å². The van der Waals surface area contributed by atoms with E-state index in [2.05, 4.69) is 31.1 Å². The van der Waals surface area contributed by atoms with Crippen molar-refractivity contribution in [2.75, 3.05) is 46.4 Å². The molecule has 0 aromatic carbocycles. The third-order valence-corrected chi connectivity index (χ3v) is 3.65. The van der Waals surface area contributed by atoms with E-state index in [-0.39, 0.29) is 0 Å². The van der Waals surface area contributed by atoms with E-state index < -0.39 is 0 Å². The van der Waals surface area contributed by atoms with Crippen LogP contribution in [0, 0.1) is 5.41 Å². The van der Waals surface area contributed by atoms with Crippen LogP contribution in [0.25, 0.3) is 0 Å². The molecule has 1 rings (SSSR count). The summed E-state index contributed by atoms with van der Waals surface area (Å²) in [5.74, 6) is 0. The molecule has 1 N–H and O–H groups in total. The van der Waals surface area contributed by atoms with Crippen molar-refractivity contribution in [1.29, 1.82) is 0 Å². The molecule has 0 radical (unpaired) electrons. The van der Waals surface area contributed by atoms with E-state index in [0.717, 1.165) is 19.8 Å². The molecule has 1 saturated heterocycles. The Balaban J connectivity index is 2.53. The van der Waals surface area contributed by atoms with E-state index in [1.54, 1.807) is 0 Å². The maximum absolute atomic E-state index is 5.50. The molecule has 1 fully saturated rings. The molecule has 0 amide bonds. The summed E-state index contributed by atoms with van der Waals surface area (Å²) in [6.45, 7) is 11.1. The summed E-state index contributed by atoms with van der Waals surface area (Å²) in [5, 5.41) is 3.37. The third-order valence-electron chi connectivity index (χ3n) is 3.65. The first kappa shape index (κ1) is 13.9. The monoisotopic (exact) mass is 228 g/mol. The van der Waals surface area contributed by atoms with Crippen molar-refractivity contribution in [1.82, 2.24) is 10.2 Å². The number of nitrogens with one attached hydrogen (secondary N) is 1. The Labute approximate surface area is 101 Å². The van der Waals surface area contributed by atoms with Crippen molar-refractivity contribution in [3.8, 4) is 0 Å². The Bertz CT molecular complexity index is 173. The van der Waals surface area contributed by atoms with Gasteiger partial charge in [-0.1, -0.05) is 13.8 Å². The zero-order valence-electron chi connectivity index (χ0n) is 11.2. The predicted molar refractivity (Wildman–Crippen MR) is 68.8 cm³/mol. The molecular weight excluding hydrogens is 200 g/mol. The van der Waals surface area contributed by atoms with Crippen LogP contribution in [-0.2, 0) is 4.74 Å². The van der Waals surface area contributed by atoms with E-state index in [9.17, 15) is 0 Å². The second-order valence-electron chi connectivity index (χ2n) is 5.01. The molecule has 0 aliphatic carbocycles. The van der Waals surface area contributed by atoms with Gasteiger partial charge in [0.15, 0.2) is 0 Å². The molecule has 0 unspecified atom stereocenters. The van der Waals surface area contributed by atoms with Gasteiger partial charge in [-0.2, -0.15) is 0 Å². The van der Waals surface area contributed by atoms with Crippen molar-refractivity contribution in [2.45, 2.75) is 33.1 Å². The Morgan fingerprint density at radius 1 is 1.25 bits per heavy atom. The number of hydrogen-bond donors (Lipinski definition) is 1. The van der Waals surface area contributed by atoms with Crippen molar-refractivity contribution >= 4 is 0 Å². The van der Waals surface area contributed by atoms with Crippen LogP contribution in [0.4, 0.5) is 0 Å². The molecule has 3 heteroatoms. The molecule has 16 heavy (non-hydrogen) atoms. The predicted octanol–water partition coefficient (Wildman–Crippen LogP) is 1.73. The summed E-state index contributed by atoms with van der Waals surface area (Å²) in [7, 11) is 2.06. The highest BCUT2D eigenvalue weighted by Gasteiger charge is 2.33. The van der Waals surface area contributed by atoms with Gasteiger partial charge in [0.05, 0.1) is 0 Å². The summed E-state index contributed by atoms with van der Waals surface area (Å²) in [6.07, 6.45) is 3.65. The highest BCUT2D eigenvalue weighted by Crippen LogP contribution is 2.30. The van der Waals surface area contributed by atoms with Gasteiger partial charge in [-0.3, -0.25) is 0 Å². The molecule has 0 spiro atoms. The maximum Gasteiger partial charge on any atom is 0.0472 e. The fraction of sp³-hybridized carbons (Fsp3) is 1.00. The zero-order chi connectivity index (χ0) is 11.9. The van der Waals surface area contributed by atoms with Crippen molar-refractivity contribution < 1.29 is 4.74 Å². The van der Waals surface area contributed by atoms with E-state index in [1.807, 2.05) is 0 Å². The Hall–Kier alpha value is -0.120. The van der Waals surface area contributed by atoms with E-state index in [4.69, 9.17) is 4.74 Å². The fourth-order valence-electron chi connectivity index (χ4n) is 2.71. The molecular formula is C13H28N2O. The smallest absolute Gasteiger partial charge is 0.0472 e. The molecule has 96 valence electrons. The van der Waals surface area contributed by atoms with Crippen molar-refractivity contribution in [3.63, 3.8) is 0 Å². The van der Waals surface area contributed by atoms with Crippen LogP contribution in [0.2, 0.25) is 0 Å². The molecule has 0 saturated carbocycles. The average molecular weight is 228 g/mol. The first-order valence-corrected chi connectivity index (χ1v) is 6.71. The summed E-state index contributed by atoms with van der Waals surface area (Å²) < 4.78 is 5.50. The maximum atomic E-state index is 5.50. The van der Waals surface area contributed by atoms with Gasteiger partial charge in [-0.15, -0.1) is 0 Å². The zero-order valence-corrected chi connectivity index (χ0v) is 11.2. The molecule has 1 aliphatic rings. The lowest BCUT2D eigenvalue weighted by Gasteiger charge is -2.40. The van der Waals surface area contributed by atoms with Crippen LogP contribution in [-0.4, -0.2) is 51.3 Å². The van der Waals surface area contributed by atoms with Gasteiger partial charge < -0.3 is 15.0 Å². The topological polar surface area (TPSA) is 24.5 Å². The van der Waals surface area contributed by atoms with Gasteiger partial charge in [0.25, 0.3) is 0 Å². The Morgan fingerprint density at radius 2 is 1.94 bits per heavy atom. The minimum absolute atomic E-state index is 0.443. The normalized spacial score (nSPS) is 20.2. The minimum Gasteiger partial charge on any atom is -0.381 e. The van der Waals surface area contributed by atoms with Crippen LogP contribution in [0.3, 0.4) is 0 Å². The first-order chi connectivity index (χ1) is 7.76. The standard InChI is InChI=1S/C13H28N2O/c1-4-8-15(5-2)12-13(11-14-3)6-9-16-10-7-13/h14H,4-12H2,1-3H3. The first-order valence-electron chi connectivity index (χ1n) is 6.71. The fourth-order valence-corrected chi connectivity index (χ4v) is 2.71. The molecule has 0 aromatic heterocycles. The summed E-state index contributed by atoms with van der Waals surface area (Å²) in [6, 6.07) is 0. The SMILES string of the molecule is CCCN(CC)CC1(CNC)CCOCC1. The second-order valence-corrected chi connectivity index (χ2v) is 5.01. The lowest BCUT2D eigenvalue weighted by Crippen LogP contribution is -2.47. The van der Waals surface area contributed by atoms with E-state index in [1.165, 1.54) is 38.9 Å². The Morgan fingerprint density at radius 3 is 2.44 bits per heavy atom. The van der Waals surface area contributed by atoms with Gasteiger partial charge in [-0.05, 0) is 44.8 Å². The summed E-state index contributed by atoms with van der Waals surface area (Å²) in [5.41, 5.74) is 0.443. The number of nitrogens with zero attached hydrogens (tertiary/aromatic N) is 1. The van der Waals surface area contributed by atoms with Crippen LogP contribution < -0.4 is 5.32 Å². The molecule has 0 bridgehead atoms. The summed E-state index contributed by atoms with van der Waals surface area (Å²) in [4.78, 5) is 2.59. The number of rotatable bonds is 7. The highest BCUT2D eigenvalue weighted by molar-refractivity contribution is 4.86. The quantitative estimate of drug-likeness (QED) is 0.718. The Kier molecular flexibility index (Phi) is 6.32. The molecule has 3 nitrogen and oxygen atoms in total. The average Bonchev–Trinajstić information content (AvgIpc) is 2.30. The van der Waals surface area contributed by atoms with Crippen LogP contribution in [0.1, 0.15) is 33.1 Å². The van der Waals surface area contributed by atoms with Gasteiger partial charge in [-0.25, -0.2) is 0 Å². The molecule has 0 aromatic rings. The van der Waals surface area contributed by atoms with Crippen LogP contribution in [0.5, 0.6) is 0 Å². The largest absolute Gasteiger partial charge is 0.381 e. The summed E-state index contributed by atoms with van der Waals surface area (Å²) >= 11 is 0.